The Morgan fingerprint density at radius 1 is 1.00 bits per heavy atom. The molecule has 0 radical (unpaired) electrons. The molecule has 1 aromatic carbocycles. The second-order valence-corrected chi connectivity index (χ2v) is 4.72. The van der Waals surface area contributed by atoms with Crippen LogP contribution in [-0.2, 0) is 0 Å². The average molecular weight is 299 g/mol. The van der Waals surface area contributed by atoms with Crippen molar-refractivity contribution in [1.29, 1.82) is 0 Å². The van der Waals surface area contributed by atoms with Crippen LogP contribution in [0.25, 0.3) is 0 Å². The van der Waals surface area contributed by atoms with E-state index in [4.69, 9.17) is 0 Å². The molecule has 0 saturated carbocycles. The Balaban J connectivity index is 2.42. The summed E-state index contributed by atoms with van der Waals surface area (Å²) in [5, 5.41) is 2.34. The Hall–Kier alpha value is -2.31. The zero-order chi connectivity index (χ0) is 15.7. The van der Waals surface area contributed by atoms with Crippen molar-refractivity contribution in [3.05, 3.63) is 47.3 Å². The van der Waals surface area contributed by atoms with Gasteiger partial charge in [-0.05, 0) is 30.7 Å². The molecule has 0 aliphatic heterocycles. The highest BCUT2D eigenvalue weighted by Crippen LogP contribution is 2.28. The fourth-order valence-corrected chi connectivity index (χ4v) is 1.98. The molecule has 2 aromatic rings. The monoisotopic (exact) mass is 299 g/mol. The number of anilines is 3. The summed E-state index contributed by atoms with van der Waals surface area (Å²) < 4.78 is 53.1. The molecule has 3 nitrogen and oxygen atoms in total. The van der Waals surface area contributed by atoms with Gasteiger partial charge in [0.05, 0.1) is 0 Å². The second-order valence-electron chi connectivity index (χ2n) is 4.72. The maximum absolute atomic E-state index is 13.5. The molecule has 0 bridgehead atoms. The Labute approximate surface area is 119 Å². The van der Waals surface area contributed by atoms with Crippen LogP contribution in [0.3, 0.4) is 0 Å². The van der Waals surface area contributed by atoms with Crippen molar-refractivity contribution in [2.24, 2.45) is 0 Å². The number of benzene rings is 1. The van der Waals surface area contributed by atoms with Gasteiger partial charge in [0.1, 0.15) is 5.69 Å². The van der Waals surface area contributed by atoms with E-state index >= 15 is 0 Å². The first-order valence-electron chi connectivity index (χ1n) is 6.06. The summed E-state index contributed by atoms with van der Waals surface area (Å²) in [4.78, 5) is 4.37. The molecule has 0 fully saturated rings. The summed E-state index contributed by atoms with van der Waals surface area (Å²) in [7, 11) is 3.70. The second kappa shape index (κ2) is 5.59. The predicted octanol–water partition coefficient (Wildman–Crippen LogP) is 3.76. The molecule has 0 amide bonds. The predicted molar refractivity (Wildman–Crippen MR) is 72.9 cm³/mol. The van der Waals surface area contributed by atoms with E-state index in [-0.39, 0.29) is 0 Å². The van der Waals surface area contributed by atoms with Gasteiger partial charge in [-0.15, -0.1) is 0 Å². The van der Waals surface area contributed by atoms with Crippen LogP contribution < -0.4 is 10.2 Å². The van der Waals surface area contributed by atoms with Crippen LogP contribution in [0.15, 0.2) is 18.2 Å². The number of aromatic nitrogens is 1. The highest BCUT2D eigenvalue weighted by Gasteiger charge is 2.20. The van der Waals surface area contributed by atoms with Gasteiger partial charge in [0.15, 0.2) is 0 Å². The minimum atomic E-state index is -1.70. The molecule has 112 valence electrons. The van der Waals surface area contributed by atoms with E-state index in [0.29, 0.717) is 5.69 Å². The van der Waals surface area contributed by atoms with Crippen molar-refractivity contribution in [3.63, 3.8) is 0 Å². The largest absolute Gasteiger partial charge is 0.377 e. The molecule has 1 N–H and O–H groups in total. The summed E-state index contributed by atoms with van der Waals surface area (Å²) in [6.07, 6.45) is 0. The minimum absolute atomic E-state index is 0.306. The van der Waals surface area contributed by atoms with Gasteiger partial charge in [0.2, 0.25) is 11.6 Å². The van der Waals surface area contributed by atoms with Gasteiger partial charge in [-0.1, -0.05) is 0 Å². The minimum Gasteiger partial charge on any atom is -0.377 e. The molecular weight excluding hydrogens is 286 g/mol. The molecule has 0 saturated heterocycles. The maximum atomic E-state index is 13.5. The molecule has 0 atom stereocenters. The van der Waals surface area contributed by atoms with E-state index in [1.54, 1.807) is 25.1 Å². The normalized spacial score (nSPS) is 10.6. The Morgan fingerprint density at radius 3 is 2.05 bits per heavy atom. The smallest absolute Gasteiger partial charge is 0.253 e. The van der Waals surface area contributed by atoms with Crippen LogP contribution in [0.1, 0.15) is 5.56 Å². The SMILES string of the molecule is Cc1cc(Nc2c(F)c(F)nc(F)c2F)ccc1N(C)C. The summed E-state index contributed by atoms with van der Waals surface area (Å²) in [5.74, 6) is -6.53. The van der Waals surface area contributed by atoms with Gasteiger partial charge in [0, 0.05) is 25.5 Å². The van der Waals surface area contributed by atoms with Gasteiger partial charge in [0.25, 0.3) is 11.9 Å². The molecular formula is C14H13F4N3. The van der Waals surface area contributed by atoms with Crippen LogP contribution in [-0.4, -0.2) is 19.1 Å². The van der Waals surface area contributed by atoms with Gasteiger partial charge in [-0.2, -0.15) is 22.5 Å². The van der Waals surface area contributed by atoms with Gasteiger partial charge in [-0.25, -0.2) is 0 Å². The number of nitrogens with one attached hydrogen (secondary N) is 1. The van der Waals surface area contributed by atoms with Crippen molar-refractivity contribution in [3.8, 4) is 0 Å². The van der Waals surface area contributed by atoms with Crippen molar-refractivity contribution in [2.45, 2.75) is 6.92 Å². The molecule has 21 heavy (non-hydrogen) atoms. The van der Waals surface area contributed by atoms with Crippen LogP contribution in [0.2, 0.25) is 0 Å². The molecule has 2 rings (SSSR count). The molecule has 7 heteroatoms. The Morgan fingerprint density at radius 2 is 1.57 bits per heavy atom. The molecule has 1 heterocycles. The van der Waals surface area contributed by atoms with Gasteiger partial charge < -0.3 is 10.2 Å². The third kappa shape index (κ3) is 2.91. The highest BCUT2D eigenvalue weighted by molar-refractivity contribution is 5.66. The van der Waals surface area contributed by atoms with Gasteiger partial charge in [-0.3, -0.25) is 0 Å². The lowest BCUT2D eigenvalue weighted by Gasteiger charge is -2.17. The number of rotatable bonds is 3. The first-order valence-corrected chi connectivity index (χ1v) is 6.06. The number of nitrogens with zero attached hydrogens (tertiary/aromatic N) is 2. The topological polar surface area (TPSA) is 28.2 Å². The van der Waals surface area contributed by atoms with E-state index in [1.165, 1.54) is 0 Å². The van der Waals surface area contributed by atoms with E-state index in [9.17, 15) is 17.6 Å². The zero-order valence-electron chi connectivity index (χ0n) is 11.6. The lowest BCUT2D eigenvalue weighted by Crippen LogP contribution is -2.10. The maximum Gasteiger partial charge on any atom is 0.253 e. The van der Waals surface area contributed by atoms with Crippen LogP contribution in [0, 0.1) is 30.5 Å². The first-order chi connectivity index (χ1) is 9.81. The number of halogens is 4. The van der Waals surface area contributed by atoms with E-state index in [1.807, 2.05) is 19.0 Å². The van der Waals surface area contributed by atoms with Crippen LogP contribution in [0.5, 0.6) is 0 Å². The van der Waals surface area contributed by atoms with Crippen LogP contribution in [0.4, 0.5) is 34.6 Å². The van der Waals surface area contributed by atoms with E-state index in [2.05, 4.69) is 10.3 Å². The Kier molecular flexibility index (Phi) is 4.02. The standard InChI is InChI=1S/C14H13F4N3/c1-7-6-8(4-5-9(7)21(2)3)19-12-10(15)13(17)20-14(18)11(12)16/h4-6H,1-3H3,(H,19,20). The fourth-order valence-electron chi connectivity index (χ4n) is 1.98. The van der Waals surface area contributed by atoms with Crippen molar-refractivity contribution in [1.82, 2.24) is 4.98 Å². The average Bonchev–Trinajstić information content (AvgIpc) is 2.41. The van der Waals surface area contributed by atoms with Crippen molar-refractivity contribution < 1.29 is 17.6 Å². The molecule has 0 unspecified atom stereocenters. The third-order valence-corrected chi connectivity index (χ3v) is 2.95. The quantitative estimate of drug-likeness (QED) is 0.691. The fraction of sp³-hybridized carbons (Fsp3) is 0.214. The lowest BCUT2D eigenvalue weighted by molar-refractivity contribution is 0.411. The van der Waals surface area contributed by atoms with Gasteiger partial charge >= 0.3 is 0 Å². The molecule has 0 aliphatic rings. The lowest BCUT2D eigenvalue weighted by atomic mass is 10.1. The summed E-state index contributed by atoms with van der Waals surface area (Å²) in [5.41, 5.74) is 1.15. The zero-order valence-corrected chi connectivity index (χ0v) is 11.6. The first kappa shape index (κ1) is 15.1. The van der Waals surface area contributed by atoms with E-state index < -0.39 is 29.2 Å². The number of hydrogen-bond acceptors (Lipinski definition) is 3. The van der Waals surface area contributed by atoms with Crippen molar-refractivity contribution in [2.75, 3.05) is 24.3 Å². The van der Waals surface area contributed by atoms with Crippen LogP contribution >= 0.6 is 0 Å². The number of hydrogen-bond donors (Lipinski definition) is 1. The molecule has 1 aromatic heterocycles. The molecule has 0 spiro atoms. The highest BCUT2D eigenvalue weighted by atomic mass is 19.2. The van der Waals surface area contributed by atoms with Crippen molar-refractivity contribution >= 4 is 17.1 Å². The summed E-state index contributed by atoms with van der Waals surface area (Å²) >= 11 is 0. The third-order valence-electron chi connectivity index (χ3n) is 2.95. The Bertz CT molecular complexity index is 660. The van der Waals surface area contributed by atoms with E-state index in [0.717, 1.165) is 11.3 Å². The number of pyridine rings is 1. The summed E-state index contributed by atoms with van der Waals surface area (Å²) in [6.45, 7) is 1.81. The summed E-state index contributed by atoms with van der Waals surface area (Å²) in [6, 6.07) is 4.89. The molecule has 0 aliphatic carbocycles. The number of aryl methyl sites for hydroxylation is 1.